The predicted molar refractivity (Wildman–Crippen MR) is 369 cm³/mol. The third kappa shape index (κ3) is 30.4. The number of aliphatic hydroxyl groups is 9. The average molecular weight is 1500 g/mol. The molecule has 2 aliphatic heterocycles. The summed E-state index contributed by atoms with van der Waals surface area (Å²) in [4.78, 5) is 0. The number of rotatable bonds is 26. The highest BCUT2D eigenvalue weighted by molar-refractivity contribution is 7.89. The van der Waals surface area contributed by atoms with Crippen molar-refractivity contribution in [1.29, 1.82) is 0 Å². The van der Waals surface area contributed by atoms with Crippen LogP contribution in [0.3, 0.4) is 0 Å². The van der Waals surface area contributed by atoms with E-state index >= 15 is 0 Å². The molecule has 0 aromatic heterocycles. The highest BCUT2D eigenvalue weighted by Crippen LogP contribution is 2.48. The van der Waals surface area contributed by atoms with E-state index in [1.165, 1.54) is 33.3 Å². The molecule has 14 unspecified atom stereocenters. The van der Waals surface area contributed by atoms with Crippen LogP contribution in [0.1, 0.15) is 200 Å². The molecule has 1 aromatic rings. The van der Waals surface area contributed by atoms with Crippen molar-refractivity contribution < 1.29 is 126 Å². The van der Waals surface area contributed by atoms with Gasteiger partial charge in [-0.2, -0.15) is 16.8 Å². The summed E-state index contributed by atoms with van der Waals surface area (Å²) in [7, 11) is -10.7. The molecule has 4 aliphatic carbocycles. The van der Waals surface area contributed by atoms with Gasteiger partial charge in [-0.05, 0) is 143 Å². The van der Waals surface area contributed by atoms with Crippen LogP contribution in [0.25, 0.3) is 0 Å². The van der Waals surface area contributed by atoms with Gasteiger partial charge in [0.25, 0.3) is 10.1 Å². The second kappa shape index (κ2) is 44.6. The van der Waals surface area contributed by atoms with Crippen molar-refractivity contribution >= 4 is 43.2 Å². The molecule has 0 bridgehead atoms. The van der Waals surface area contributed by atoms with Crippen LogP contribution in [-0.2, 0) is 75.4 Å². The third-order valence-electron chi connectivity index (χ3n) is 21.6. The van der Waals surface area contributed by atoms with Crippen LogP contribution in [0.5, 0.6) is 0 Å². The zero-order valence-electron chi connectivity index (χ0n) is 61.7. The minimum Gasteiger partial charge on any atom is -0.726 e. The van der Waals surface area contributed by atoms with Crippen LogP contribution >= 0.6 is 12.3 Å². The van der Waals surface area contributed by atoms with Crippen LogP contribution in [0.2, 0.25) is 0 Å². The molecule has 28 atom stereocenters. The van der Waals surface area contributed by atoms with E-state index in [1.807, 2.05) is 44.2 Å². The van der Waals surface area contributed by atoms with E-state index < -0.39 is 123 Å². The van der Waals surface area contributed by atoms with E-state index in [1.54, 1.807) is 41.5 Å². The lowest BCUT2D eigenvalue weighted by Crippen LogP contribution is -2.49. The van der Waals surface area contributed by atoms with Crippen LogP contribution in [-0.4, -0.2) is 194 Å². The lowest BCUT2D eigenvalue weighted by molar-refractivity contribution is -0.777. The molecule has 7 rings (SSSR count). The summed E-state index contributed by atoms with van der Waals surface area (Å²) in [5.41, 5.74) is 0.491. The van der Waals surface area contributed by atoms with E-state index in [2.05, 4.69) is 73.1 Å². The predicted octanol–water partition coefficient (Wildman–Crippen LogP) is 7.00. The summed E-state index contributed by atoms with van der Waals surface area (Å²) in [6, 6.07) is 9.54. The number of benzene rings is 1. The van der Waals surface area contributed by atoms with Gasteiger partial charge in [0.05, 0.1) is 73.9 Å². The van der Waals surface area contributed by atoms with Gasteiger partial charge in [-0.25, -0.2) is 16.8 Å². The molecule has 0 spiro atoms. The summed E-state index contributed by atoms with van der Waals surface area (Å²) in [5.74, 6) is 5.22. The number of hydrogen-bond acceptors (Lipinski definition) is 28. The van der Waals surface area contributed by atoms with E-state index in [4.69, 9.17) is 37.0 Å². The molecule has 9 N–H and O–H groups in total. The smallest absolute Gasteiger partial charge is 0.400 e. The molecule has 6 aliphatic rings. The Balaban J connectivity index is 0.000000424. The van der Waals surface area contributed by atoms with E-state index in [0.29, 0.717) is 54.8 Å². The Hall–Kier alpha value is -1.42. The minimum atomic E-state index is -4.86. The van der Waals surface area contributed by atoms with Crippen molar-refractivity contribution in [3.63, 3.8) is 0 Å². The molecule has 0 amide bonds. The van der Waals surface area contributed by atoms with Gasteiger partial charge in [-0.1, -0.05) is 146 Å². The van der Waals surface area contributed by atoms with E-state index in [-0.39, 0.29) is 79.5 Å². The van der Waals surface area contributed by atoms with Crippen LogP contribution in [0.4, 0.5) is 0 Å². The molecule has 27 nitrogen and oxygen atoms in total. The molecule has 31 heteroatoms. The normalized spacial score (nSPS) is 35.1. The molecule has 4 saturated carbocycles. The first-order valence-electron chi connectivity index (χ1n) is 35.3. The minimum absolute atomic E-state index is 0.0278. The van der Waals surface area contributed by atoms with Gasteiger partial charge in [0.15, 0.2) is 18.6 Å². The molecule has 2 saturated heterocycles. The van der Waals surface area contributed by atoms with Gasteiger partial charge >= 0.3 is 10.4 Å². The van der Waals surface area contributed by atoms with Crippen molar-refractivity contribution in [2.24, 2.45) is 82.3 Å². The van der Waals surface area contributed by atoms with Crippen molar-refractivity contribution in [2.75, 3.05) is 33.5 Å². The lowest BCUT2D eigenvalue weighted by Gasteiger charge is -2.42. The highest BCUT2D eigenvalue weighted by Gasteiger charge is 2.48. The monoisotopic (exact) mass is 1500 g/mol. The van der Waals surface area contributed by atoms with Crippen molar-refractivity contribution in [3.8, 4) is 0 Å². The Kier molecular flexibility index (Phi) is 42.2. The molecule has 2 heterocycles. The maximum absolute atomic E-state index is 12.4. The Bertz CT molecular complexity index is 2680. The van der Waals surface area contributed by atoms with Gasteiger partial charge in [0.2, 0.25) is 10.4 Å². The van der Waals surface area contributed by atoms with E-state index in [9.17, 15) is 70.8 Å². The second-order valence-corrected chi connectivity index (χ2v) is 33.9. The molecule has 586 valence electrons. The Morgan fingerprint density at radius 2 is 1.32 bits per heavy atom. The molecule has 0 radical (unpaired) electrons. The average Bonchev–Trinajstić information content (AvgIpc) is 1.77. The third-order valence-corrected chi connectivity index (χ3v) is 25.2. The first-order chi connectivity index (χ1) is 46.0. The first-order valence-corrected chi connectivity index (χ1v) is 40.1. The first kappa shape index (κ1) is 93.7. The zero-order chi connectivity index (χ0) is 75.7. The van der Waals surface area contributed by atoms with Crippen molar-refractivity contribution in [2.45, 2.75) is 279 Å². The topological polar surface area (TPSA) is 423 Å². The molecule has 1 aromatic carbocycles. The van der Waals surface area contributed by atoms with Crippen molar-refractivity contribution in [3.05, 3.63) is 35.9 Å². The summed E-state index contributed by atoms with van der Waals surface area (Å²) in [5, 5.41) is 96.8. The van der Waals surface area contributed by atoms with Crippen LogP contribution in [0.15, 0.2) is 30.3 Å². The van der Waals surface area contributed by atoms with Gasteiger partial charge in [-0.15, -0.1) is 4.33 Å². The van der Waals surface area contributed by atoms with Gasteiger partial charge < -0.3 is 70.0 Å². The summed E-state index contributed by atoms with van der Waals surface area (Å²) < 4.78 is 125. The maximum atomic E-state index is 12.4. The molecular weight excluding hydrogens is 1380 g/mol. The van der Waals surface area contributed by atoms with E-state index in [0.717, 1.165) is 42.6 Å². The fourth-order valence-electron chi connectivity index (χ4n) is 14.7. The van der Waals surface area contributed by atoms with Gasteiger partial charge in [0.1, 0.15) is 30.5 Å². The molecule has 99 heavy (non-hydrogen) atoms. The lowest BCUT2D eigenvalue weighted by atomic mass is 9.83. The fraction of sp³-hybridized carbons (Fsp3) is 0.912. The number of ether oxygens (including phenoxy) is 3. The summed E-state index contributed by atoms with van der Waals surface area (Å²) in [6.07, 6.45) is -1.42. The maximum Gasteiger partial charge on any atom is 0.400 e. The summed E-state index contributed by atoms with van der Waals surface area (Å²) in [6.45, 7) is 33.3. The molecule has 6 fully saturated rings. The number of aliphatic hydroxyl groups excluding tert-OH is 9. The Morgan fingerprint density at radius 3 is 1.78 bits per heavy atom. The highest BCUT2D eigenvalue weighted by atomic mass is 32.3. The largest absolute Gasteiger partial charge is 0.726 e. The SMILES string of the molecule is CC(C)(C)C(O)C(O)CO.CC(O)[C@H](OSOO[O-])[C@H](O)CC1CC(O)[C@@H](O)[C@H]1CO.CCC(COS(=O)(=O)C1CC(C)[C@@H](C)[C@H]1CC)[C@@H](C)O.CC[C@H]1C(CC2O[C@@H](c3ccccc3)OC(C)[C@H]2OS(=O)(=O)[O-])CC(C)[C@H]1C.CC[C@H]1CCC(C)[C@H]1C.CO[C@H]1COS(=O)(=O)OC1C. The van der Waals surface area contributed by atoms with Gasteiger partial charge in [-0.3, -0.25) is 17.6 Å². The second-order valence-electron chi connectivity index (χ2n) is 29.4. The molecular formula is C68H126O27S4-2. The van der Waals surface area contributed by atoms with Gasteiger partial charge in [0, 0.05) is 31.1 Å². The Labute approximate surface area is 596 Å². The quantitative estimate of drug-likeness (QED) is 0.00857. The number of methoxy groups -OCH3 is 1. The standard InChI is InChI=1S/C21H32O6S.C15H30O4S.C11H22O9S.C9H18.C7H16O3.C5H10O5S/c1-5-18-14(3)13(2)11-17(18)12-19-20(27-28(22,23)24)15(4)25-21(26-19)16-9-7-6-8-10-16;1-6-13(12(5)16)9-19-20(17,18)15-8-10(3)11(4)14(15)7-2;1-5(13)11(18-21-20-19-17)9(15)3-6-2-8(14)10(16)7(6)4-12;1-4-9-6-5-7(2)8(9)3;1-7(2,3)6(10)5(9)4-8;1-4-5(8-2)3-9-11(6,7)10-4/h6-10,13-15,17-21H,5,11-12H2,1-4H3,(H,22,23,24);10-16H,6-9H2,1-5H3;5-17H,2-4H2,1H3;7-9H,4-6H2,1-3H3;5-6,8-10H,4H2,1-3H3;4-5H,3H2,1-2H3/p-2/t13?,14-,15?,17?,18-,19?,20-,21+;10?,11-,12-,13?,14-,15?;5?,6?,7-,8?,9+,10-,11-;7?,8-,9+;;4?,5-/m1101.0/s1. The Morgan fingerprint density at radius 1 is 0.727 bits per heavy atom. The fourth-order valence-corrected chi connectivity index (χ4v) is 18.4. The zero-order valence-corrected chi connectivity index (χ0v) is 64.9. The number of hydrogen-bond donors (Lipinski definition) is 9. The van der Waals surface area contributed by atoms with Crippen molar-refractivity contribution in [1.82, 2.24) is 0 Å². The summed E-state index contributed by atoms with van der Waals surface area (Å²) >= 11 is 0.181. The van der Waals surface area contributed by atoms with Crippen LogP contribution in [0, 0.1) is 82.3 Å². The van der Waals surface area contributed by atoms with Crippen LogP contribution < -0.4 is 5.26 Å².